The fraction of sp³-hybridized carbons (Fsp3) is 0.500. The molecule has 3 heterocycles. The largest absolute Gasteiger partial charge is 0.456 e. The van der Waals surface area contributed by atoms with E-state index < -0.39 is 11.9 Å². The maximum atomic E-state index is 12.7. The monoisotopic (exact) mass is 341 g/mol. The van der Waals surface area contributed by atoms with Gasteiger partial charge in [0.05, 0.1) is 0 Å². The average Bonchev–Trinajstić information content (AvgIpc) is 3.06. The minimum atomic E-state index is -4.43. The number of imidazole rings is 1. The summed E-state index contributed by atoms with van der Waals surface area (Å²) in [7, 11) is 0. The molecule has 1 amide bonds. The summed E-state index contributed by atoms with van der Waals surface area (Å²) < 4.78 is 45.0. The summed E-state index contributed by atoms with van der Waals surface area (Å²) in [5, 5.41) is 2.80. The average molecular weight is 341 g/mol. The highest BCUT2D eigenvalue weighted by Gasteiger charge is 2.35. The minimum Gasteiger partial charge on any atom is -0.456 e. The van der Waals surface area contributed by atoms with Gasteiger partial charge in [-0.05, 0) is 32.3 Å². The predicted molar refractivity (Wildman–Crippen MR) is 79.6 cm³/mol. The van der Waals surface area contributed by atoms with Crippen LogP contribution in [0, 0.1) is 19.8 Å². The molecule has 3 rings (SSSR count). The molecule has 0 unspecified atom stereocenters. The van der Waals surface area contributed by atoms with Crippen molar-refractivity contribution in [2.24, 2.45) is 5.92 Å². The van der Waals surface area contributed by atoms with Crippen LogP contribution in [0.4, 0.5) is 13.2 Å². The first-order valence-electron chi connectivity index (χ1n) is 7.72. The first-order valence-corrected chi connectivity index (χ1v) is 7.72. The molecule has 1 aliphatic rings. The Morgan fingerprint density at radius 1 is 1.46 bits per heavy atom. The van der Waals surface area contributed by atoms with Crippen LogP contribution < -0.4 is 5.32 Å². The smallest absolute Gasteiger partial charge is 0.434 e. The predicted octanol–water partition coefficient (Wildman–Crippen LogP) is 3.10. The molecule has 0 fully saturated rings. The Balaban J connectivity index is 1.61. The van der Waals surface area contributed by atoms with Crippen LogP contribution in [0.1, 0.15) is 39.8 Å². The number of halogens is 3. The van der Waals surface area contributed by atoms with Gasteiger partial charge in [-0.1, -0.05) is 0 Å². The van der Waals surface area contributed by atoms with Gasteiger partial charge in [0.25, 0.3) is 5.91 Å². The Hall–Kier alpha value is -2.25. The third-order valence-corrected chi connectivity index (χ3v) is 4.18. The molecule has 0 saturated heterocycles. The van der Waals surface area contributed by atoms with E-state index in [-0.39, 0.29) is 17.6 Å². The van der Waals surface area contributed by atoms with Crippen molar-refractivity contribution in [2.75, 3.05) is 6.54 Å². The van der Waals surface area contributed by atoms with Crippen molar-refractivity contribution in [1.82, 2.24) is 14.9 Å². The molecule has 0 spiro atoms. The first kappa shape index (κ1) is 16.6. The number of furan rings is 1. The topological polar surface area (TPSA) is 60.1 Å². The number of nitrogens with zero attached hydrogens (tertiary/aromatic N) is 2. The molecule has 0 bridgehead atoms. The van der Waals surface area contributed by atoms with Crippen LogP contribution in [-0.2, 0) is 19.1 Å². The fourth-order valence-corrected chi connectivity index (χ4v) is 3.00. The van der Waals surface area contributed by atoms with Crippen LogP contribution in [0.15, 0.2) is 16.7 Å². The summed E-state index contributed by atoms with van der Waals surface area (Å²) in [6.07, 6.45) is -2.23. The molecule has 5 nitrogen and oxygen atoms in total. The number of aryl methyl sites for hydroxylation is 3. The molecule has 0 radical (unpaired) electrons. The second kappa shape index (κ2) is 5.99. The highest BCUT2D eigenvalue weighted by Crippen LogP contribution is 2.30. The SMILES string of the molecule is Cc1cc(C)c(C(=O)NC[C@H]2CCc3nc(C(F)(F)F)cn3C2)o1. The van der Waals surface area contributed by atoms with E-state index in [9.17, 15) is 18.0 Å². The minimum absolute atomic E-state index is 0.0631. The van der Waals surface area contributed by atoms with Gasteiger partial charge in [-0.3, -0.25) is 4.79 Å². The molecule has 0 saturated carbocycles. The molecule has 24 heavy (non-hydrogen) atoms. The van der Waals surface area contributed by atoms with Gasteiger partial charge in [0, 0.05) is 31.3 Å². The van der Waals surface area contributed by atoms with Gasteiger partial charge in [-0.25, -0.2) is 4.98 Å². The Morgan fingerprint density at radius 3 is 2.83 bits per heavy atom. The lowest BCUT2D eigenvalue weighted by atomic mass is 9.99. The summed E-state index contributed by atoms with van der Waals surface area (Å²) in [6, 6.07) is 1.78. The lowest BCUT2D eigenvalue weighted by molar-refractivity contribution is -0.141. The lowest BCUT2D eigenvalue weighted by Gasteiger charge is -2.23. The van der Waals surface area contributed by atoms with Gasteiger partial charge in [0.2, 0.25) is 0 Å². The zero-order chi connectivity index (χ0) is 17.5. The Morgan fingerprint density at radius 2 is 2.21 bits per heavy atom. The normalized spacial score (nSPS) is 17.6. The number of hydrogen-bond donors (Lipinski definition) is 1. The van der Waals surface area contributed by atoms with Crippen molar-refractivity contribution in [3.63, 3.8) is 0 Å². The van der Waals surface area contributed by atoms with Gasteiger partial charge >= 0.3 is 6.18 Å². The molecule has 1 N–H and O–H groups in total. The van der Waals surface area contributed by atoms with Gasteiger partial charge < -0.3 is 14.3 Å². The number of hydrogen-bond acceptors (Lipinski definition) is 3. The number of carbonyl (C=O) groups is 1. The zero-order valence-corrected chi connectivity index (χ0v) is 13.4. The van der Waals surface area contributed by atoms with E-state index >= 15 is 0 Å². The number of nitrogens with one attached hydrogen (secondary N) is 1. The van der Waals surface area contributed by atoms with E-state index in [1.807, 2.05) is 0 Å². The number of aromatic nitrogens is 2. The second-order valence-electron chi connectivity index (χ2n) is 6.18. The maximum Gasteiger partial charge on any atom is 0.434 e. The van der Waals surface area contributed by atoms with Gasteiger partial charge in [-0.2, -0.15) is 13.2 Å². The number of carbonyl (C=O) groups excluding carboxylic acids is 1. The quantitative estimate of drug-likeness (QED) is 0.933. The van der Waals surface area contributed by atoms with Crippen molar-refractivity contribution in [2.45, 2.75) is 39.4 Å². The molecule has 8 heteroatoms. The fourth-order valence-electron chi connectivity index (χ4n) is 3.00. The number of rotatable bonds is 3. The highest BCUT2D eigenvalue weighted by atomic mass is 19.4. The second-order valence-corrected chi connectivity index (χ2v) is 6.18. The molecule has 0 aromatic carbocycles. The summed E-state index contributed by atoms with van der Waals surface area (Å²) in [4.78, 5) is 15.8. The van der Waals surface area contributed by atoms with Crippen LogP contribution in [0.3, 0.4) is 0 Å². The van der Waals surface area contributed by atoms with Crippen molar-refractivity contribution >= 4 is 5.91 Å². The van der Waals surface area contributed by atoms with Crippen LogP contribution in [0.2, 0.25) is 0 Å². The highest BCUT2D eigenvalue weighted by molar-refractivity contribution is 5.92. The van der Waals surface area contributed by atoms with Gasteiger partial charge in [-0.15, -0.1) is 0 Å². The summed E-state index contributed by atoms with van der Waals surface area (Å²) in [5.41, 5.74) is -0.0933. The number of amides is 1. The van der Waals surface area contributed by atoms with Crippen molar-refractivity contribution in [3.8, 4) is 0 Å². The van der Waals surface area contributed by atoms with Crippen molar-refractivity contribution in [1.29, 1.82) is 0 Å². The molecular formula is C16H18F3N3O2. The lowest BCUT2D eigenvalue weighted by Crippen LogP contribution is -2.33. The third-order valence-electron chi connectivity index (χ3n) is 4.18. The number of fused-ring (bicyclic) bond motifs is 1. The molecule has 2 aromatic heterocycles. The van der Waals surface area contributed by atoms with E-state index in [4.69, 9.17) is 4.42 Å². The van der Waals surface area contributed by atoms with Crippen LogP contribution in [0.5, 0.6) is 0 Å². The van der Waals surface area contributed by atoms with E-state index in [1.165, 1.54) is 4.57 Å². The van der Waals surface area contributed by atoms with E-state index in [0.29, 0.717) is 37.5 Å². The molecule has 130 valence electrons. The Labute approximate surface area is 136 Å². The standard InChI is InChI=1S/C16H18F3N3O2/c1-9-5-10(2)24-14(9)15(23)20-6-11-3-4-13-21-12(16(17,18)19)8-22(13)7-11/h5,8,11H,3-4,6-7H2,1-2H3,(H,20,23)/t11-/m1/s1. The zero-order valence-electron chi connectivity index (χ0n) is 13.4. The van der Waals surface area contributed by atoms with E-state index in [2.05, 4.69) is 10.3 Å². The van der Waals surface area contributed by atoms with E-state index in [1.54, 1.807) is 19.9 Å². The van der Waals surface area contributed by atoms with Crippen molar-refractivity contribution in [3.05, 3.63) is 40.9 Å². The molecule has 2 aromatic rings. The van der Waals surface area contributed by atoms with Crippen LogP contribution >= 0.6 is 0 Å². The van der Waals surface area contributed by atoms with Crippen LogP contribution in [-0.4, -0.2) is 22.0 Å². The third kappa shape index (κ3) is 3.32. The molecular weight excluding hydrogens is 323 g/mol. The summed E-state index contributed by atoms with van der Waals surface area (Å²) >= 11 is 0. The van der Waals surface area contributed by atoms with Crippen LogP contribution in [0.25, 0.3) is 0 Å². The van der Waals surface area contributed by atoms with Crippen molar-refractivity contribution < 1.29 is 22.4 Å². The van der Waals surface area contributed by atoms with Gasteiger partial charge in [0.1, 0.15) is 11.6 Å². The van der Waals surface area contributed by atoms with Gasteiger partial charge in [0.15, 0.2) is 11.5 Å². The Bertz CT molecular complexity index is 761. The molecule has 1 atom stereocenters. The first-order chi connectivity index (χ1) is 11.2. The molecule has 0 aliphatic carbocycles. The molecule has 1 aliphatic heterocycles. The number of alkyl halides is 3. The summed E-state index contributed by atoms with van der Waals surface area (Å²) in [6.45, 7) is 4.36. The maximum absolute atomic E-state index is 12.7. The van der Waals surface area contributed by atoms with E-state index in [0.717, 1.165) is 11.8 Å². The Kier molecular flexibility index (Phi) is 4.15. The summed E-state index contributed by atoms with van der Waals surface area (Å²) in [5.74, 6) is 1.16.